The molecule has 2 atom stereocenters. The Kier molecular flexibility index (Phi) is 4.31. The van der Waals surface area contributed by atoms with E-state index < -0.39 is 11.6 Å². The van der Waals surface area contributed by atoms with Crippen LogP contribution in [-0.2, 0) is 19.3 Å². The molecular formula is C22H34N2O4. The second kappa shape index (κ2) is 6.66. The summed E-state index contributed by atoms with van der Waals surface area (Å²) in [6.45, 7) is 3.49. The Labute approximate surface area is 167 Å². The van der Waals surface area contributed by atoms with Crippen molar-refractivity contribution < 1.29 is 19.3 Å². The monoisotopic (exact) mass is 390 g/mol. The van der Waals surface area contributed by atoms with Gasteiger partial charge in [-0.05, 0) is 62.7 Å². The van der Waals surface area contributed by atoms with Crippen LogP contribution >= 0.6 is 0 Å². The lowest BCUT2D eigenvalue weighted by atomic mass is 9.53. The van der Waals surface area contributed by atoms with Crippen LogP contribution in [0.4, 0.5) is 0 Å². The smallest absolute Gasteiger partial charge is 0.222 e. The fourth-order valence-electron chi connectivity index (χ4n) is 7.55. The number of ether oxygens (including phenoxy) is 1. The van der Waals surface area contributed by atoms with Gasteiger partial charge in [-0.25, -0.2) is 0 Å². The predicted octanol–water partition coefficient (Wildman–Crippen LogP) is 2.83. The molecule has 2 aliphatic heterocycles. The second-order valence-corrected chi connectivity index (χ2v) is 10.5. The summed E-state index contributed by atoms with van der Waals surface area (Å²) >= 11 is 0. The Morgan fingerprint density at radius 2 is 1.71 bits per heavy atom. The van der Waals surface area contributed by atoms with Gasteiger partial charge < -0.3 is 15.0 Å². The van der Waals surface area contributed by atoms with Gasteiger partial charge in [-0.3, -0.25) is 4.79 Å². The largest absolute Gasteiger partial charge is 0.340 e. The Morgan fingerprint density at radius 3 is 2.43 bits per heavy atom. The maximum absolute atomic E-state index is 12.8. The van der Waals surface area contributed by atoms with Gasteiger partial charge >= 0.3 is 0 Å². The maximum atomic E-state index is 12.8. The fraction of sp³-hybridized carbons (Fsp3) is 0.955. The number of nitrogens with zero attached hydrogens (tertiary/aromatic N) is 1. The van der Waals surface area contributed by atoms with E-state index in [0.717, 1.165) is 63.7 Å². The van der Waals surface area contributed by atoms with Gasteiger partial charge in [-0.1, -0.05) is 0 Å². The van der Waals surface area contributed by atoms with E-state index >= 15 is 0 Å². The zero-order chi connectivity index (χ0) is 18.8. The van der Waals surface area contributed by atoms with Crippen LogP contribution in [0.15, 0.2) is 0 Å². The average molecular weight is 391 g/mol. The Balaban J connectivity index is 1.14. The highest BCUT2D eigenvalue weighted by molar-refractivity contribution is 5.76. The molecule has 2 spiro atoms. The van der Waals surface area contributed by atoms with E-state index in [2.05, 4.69) is 5.32 Å². The highest BCUT2D eigenvalue weighted by Crippen LogP contribution is 2.64. The minimum absolute atomic E-state index is 0.298. The lowest BCUT2D eigenvalue weighted by molar-refractivity contribution is -0.390. The molecule has 2 saturated heterocycles. The Hall–Kier alpha value is -0.690. The first kappa shape index (κ1) is 18.1. The van der Waals surface area contributed by atoms with E-state index in [-0.39, 0.29) is 0 Å². The average Bonchev–Trinajstić information content (AvgIpc) is 3.06. The van der Waals surface area contributed by atoms with Crippen molar-refractivity contribution >= 4 is 5.91 Å². The number of rotatable bonds is 2. The molecule has 7 aliphatic rings. The third kappa shape index (κ3) is 2.86. The standard InChI is InChI=1S/C22H34N2O4/c25-20(24-6-4-23-5-7-24)13-15-2-1-3-21(14-15)26-22(28-27-21)18-9-16-8-17(11-18)12-19(22)10-16/h15-19,23H,1-14H2/t15-,16?,17?,18?,19?,21+,22?/m0/s1. The van der Waals surface area contributed by atoms with E-state index in [9.17, 15) is 4.79 Å². The van der Waals surface area contributed by atoms with Crippen molar-refractivity contribution in [3.8, 4) is 0 Å². The van der Waals surface area contributed by atoms with Crippen molar-refractivity contribution in [2.75, 3.05) is 26.2 Å². The lowest BCUT2D eigenvalue weighted by Gasteiger charge is -2.57. The number of carbonyl (C=O) groups is 1. The zero-order valence-corrected chi connectivity index (χ0v) is 16.9. The van der Waals surface area contributed by atoms with Gasteiger partial charge in [0, 0.05) is 57.3 Å². The highest BCUT2D eigenvalue weighted by Gasteiger charge is 2.67. The summed E-state index contributed by atoms with van der Waals surface area (Å²) in [7, 11) is 0. The van der Waals surface area contributed by atoms with E-state index in [1.54, 1.807) is 0 Å². The van der Waals surface area contributed by atoms with Gasteiger partial charge in [0.2, 0.25) is 17.5 Å². The van der Waals surface area contributed by atoms with Crippen LogP contribution < -0.4 is 5.32 Å². The van der Waals surface area contributed by atoms with Gasteiger partial charge in [0.25, 0.3) is 0 Å². The minimum atomic E-state index is -0.609. The molecule has 1 N–H and O–H groups in total. The molecule has 156 valence electrons. The fourth-order valence-corrected chi connectivity index (χ4v) is 7.55. The summed E-state index contributed by atoms with van der Waals surface area (Å²) in [4.78, 5) is 27.0. The van der Waals surface area contributed by atoms with Crippen molar-refractivity contribution in [2.24, 2.45) is 29.6 Å². The minimum Gasteiger partial charge on any atom is -0.340 e. The van der Waals surface area contributed by atoms with Gasteiger partial charge in [-0.15, -0.1) is 0 Å². The van der Waals surface area contributed by atoms with E-state index in [0.29, 0.717) is 30.1 Å². The number of hydrogen-bond donors (Lipinski definition) is 1. The molecule has 6 nitrogen and oxygen atoms in total. The van der Waals surface area contributed by atoms with E-state index in [1.165, 1.54) is 32.1 Å². The Morgan fingerprint density at radius 1 is 1.00 bits per heavy atom. The quantitative estimate of drug-likeness (QED) is 0.735. The molecule has 7 rings (SSSR count). The molecule has 0 radical (unpaired) electrons. The molecule has 0 aromatic carbocycles. The van der Waals surface area contributed by atoms with Crippen LogP contribution in [0.25, 0.3) is 0 Å². The number of carbonyl (C=O) groups excluding carboxylic acids is 1. The lowest BCUT2D eigenvalue weighted by Crippen LogP contribution is -2.59. The van der Waals surface area contributed by atoms with Crippen LogP contribution in [0.2, 0.25) is 0 Å². The maximum Gasteiger partial charge on any atom is 0.222 e. The summed E-state index contributed by atoms with van der Waals surface area (Å²) in [5.74, 6) is 2.32. The molecule has 7 fully saturated rings. The second-order valence-electron chi connectivity index (χ2n) is 10.5. The third-order valence-corrected chi connectivity index (χ3v) is 8.65. The summed E-state index contributed by atoms with van der Waals surface area (Å²) in [6, 6.07) is 0. The molecule has 5 saturated carbocycles. The van der Waals surface area contributed by atoms with Crippen molar-refractivity contribution in [3.05, 3.63) is 0 Å². The van der Waals surface area contributed by atoms with Crippen LogP contribution in [-0.4, -0.2) is 48.6 Å². The summed E-state index contributed by atoms with van der Waals surface area (Å²) < 4.78 is 6.83. The number of amides is 1. The number of piperazine rings is 1. The number of nitrogens with one attached hydrogen (secondary N) is 1. The molecule has 0 aromatic rings. The SMILES string of the molecule is O=C(C[C@@H]1CCC[C@]2(C1)OOC1(O2)C2CC3CC(C2)CC1C3)N1CCNCC1. The van der Waals surface area contributed by atoms with Gasteiger partial charge in [-0.2, -0.15) is 9.78 Å². The summed E-state index contributed by atoms with van der Waals surface area (Å²) in [5, 5.41) is 3.32. The first-order valence-corrected chi connectivity index (χ1v) is 11.7. The van der Waals surface area contributed by atoms with Gasteiger partial charge in [0.15, 0.2) is 0 Å². The summed E-state index contributed by atoms with van der Waals surface area (Å²) in [5.41, 5.74) is 0. The zero-order valence-electron chi connectivity index (χ0n) is 16.9. The first-order valence-electron chi connectivity index (χ1n) is 11.7. The van der Waals surface area contributed by atoms with E-state index in [4.69, 9.17) is 14.5 Å². The highest BCUT2D eigenvalue weighted by atomic mass is 17.3. The molecule has 5 aliphatic carbocycles. The molecule has 1 amide bonds. The normalized spacial score (nSPS) is 50.0. The Bertz CT molecular complexity index is 606. The van der Waals surface area contributed by atoms with Crippen molar-refractivity contribution in [1.82, 2.24) is 10.2 Å². The van der Waals surface area contributed by atoms with Gasteiger partial charge in [0.1, 0.15) is 0 Å². The molecule has 28 heavy (non-hydrogen) atoms. The molecule has 0 unspecified atom stereocenters. The summed E-state index contributed by atoms with van der Waals surface area (Å²) in [6.07, 6.45) is 10.9. The topological polar surface area (TPSA) is 60.0 Å². The van der Waals surface area contributed by atoms with Crippen LogP contribution in [0, 0.1) is 29.6 Å². The molecule has 2 heterocycles. The van der Waals surface area contributed by atoms with Gasteiger partial charge in [0.05, 0.1) is 0 Å². The molecule has 0 aromatic heterocycles. The van der Waals surface area contributed by atoms with Crippen molar-refractivity contribution in [3.63, 3.8) is 0 Å². The first-order chi connectivity index (χ1) is 13.6. The van der Waals surface area contributed by atoms with Crippen LogP contribution in [0.1, 0.15) is 64.2 Å². The molecule has 6 heteroatoms. The predicted molar refractivity (Wildman–Crippen MR) is 102 cm³/mol. The third-order valence-electron chi connectivity index (χ3n) is 8.65. The van der Waals surface area contributed by atoms with Crippen LogP contribution in [0.5, 0.6) is 0 Å². The molecular weight excluding hydrogens is 356 g/mol. The van der Waals surface area contributed by atoms with Crippen molar-refractivity contribution in [1.29, 1.82) is 0 Å². The van der Waals surface area contributed by atoms with Crippen molar-refractivity contribution in [2.45, 2.75) is 75.8 Å². The number of hydrogen-bond acceptors (Lipinski definition) is 5. The van der Waals surface area contributed by atoms with E-state index in [1.807, 2.05) is 4.90 Å². The molecule has 4 bridgehead atoms. The van der Waals surface area contributed by atoms with Crippen LogP contribution in [0.3, 0.4) is 0 Å².